The molecule has 170 valence electrons. The number of hydrogen-bond acceptors (Lipinski definition) is 8. The number of hydrogen-bond donors (Lipinski definition) is 0. The van der Waals surface area contributed by atoms with Crippen molar-refractivity contribution >= 4 is 45.4 Å². The van der Waals surface area contributed by atoms with Gasteiger partial charge in [-0.1, -0.05) is 26.3 Å². The molecule has 0 spiro atoms. The molecular formula is C26H18O8. The number of fused-ring (bicyclic) bond motifs is 2. The van der Waals surface area contributed by atoms with Crippen LogP contribution < -0.4 is 18.9 Å². The molecule has 0 radical (unpaired) electrons. The van der Waals surface area contributed by atoms with Crippen LogP contribution in [0.2, 0.25) is 0 Å². The van der Waals surface area contributed by atoms with E-state index in [9.17, 15) is 19.2 Å². The Balaban J connectivity index is 2.38. The Morgan fingerprint density at radius 1 is 0.559 bits per heavy atom. The van der Waals surface area contributed by atoms with Crippen molar-refractivity contribution in [1.82, 2.24) is 0 Å². The van der Waals surface area contributed by atoms with E-state index in [-0.39, 0.29) is 28.4 Å². The topological polar surface area (TPSA) is 105 Å². The molecule has 8 nitrogen and oxygen atoms in total. The van der Waals surface area contributed by atoms with Crippen molar-refractivity contribution in [3.63, 3.8) is 0 Å². The van der Waals surface area contributed by atoms with Crippen molar-refractivity contribution < 1.29 is 38.1 Å². The molecule has 0 atom stereocenters. The summed E-state index contributed by atoms with van der Waals surface area (Å²) in [6.45, 7) is 13.5. The number of benzene rings is 3. The van der Waals surface area contributed by atoms with Crippen LogP contribution >= 0.6 is 0 Å². The highest BCUT2D eigenvalue weighted by atomic mass is 16.6. The Bertz CT molecular complexity index is 1400. The maximum absolute atomic E-state index is 12.1. The van der Waals surface area contributed by atoms with E-state index < -0.39 is 23.9 Å². The third-order valence-corrected chi connectivity index (χ3v) is 4.47. The Hall–Kier alpha value is -4.98. The standard InChI is InChI=1S/C26H18O8/c1-5-21(27)31-16-9-10-17-15(13-16)14-19-18(25(17)33-23(29)7-3)11-12-20(32-22(28)6-2)26(19)34-24(30)8-4/h5-14H,1-4H2. The smallest absolute Gasteiger partial charge is 0.335 e. The van der Waals surface area contributed by atoms with Gasteiger partial charge in [0.1, 0.15) is 11.5 Å². The monoisotopic (exact) mass is 458 g/mol. The zero-order valence-electron chi connectivity index (χ0n) is 17.9. The van der Waals surface area contributed by atoms with Crippen molar-refractivity contribution in [2.24, 2.45) is 0 Å². The predicted molar refractivity (Wildman–Crippen MR) is 125 cm³/mol. The van der Waals surface area contributed by atoms with Gasteiger partial charge in [0.25, 0.3) is 0 Å². The van der Waals surface area contributed by atoms with Crippen LogP contribution in [0.15, 0.2) is 87.0 Å². The van der Waals surface area contributed by atoms with E-state index in [1.54, 1.807) is 12.1 Å². The molecule has 0 fully saturated rings. The molecule has 0 aliphatic carbocycles. The lowest BCUT2D eigenvalue weighted by atomic mass is 10.0. The minimum atomic E-state index is -0.818. The van der Waals surface area contributed by atoms with Crippen molar-refractivity contribution in [3.05, 3.63) is 87.0 Å². The third-order valence-electron chi connectivity index (χ3n) is 4.47. The number of rotatable bonds is 8. The van der Waals surface area contributed by atoms with Crippen LogP contribution in [-0.2, 0) is 19.2 Å². The van der Waals surface area contributed by atoms with E-state index in [2.05, 4.69) is 26.3 Å². The molecule has 0 aliphatic heterocycles. The van der Waals surface area contributed by atoms with Gasteiger partial charge in [-0.25, -0.2) is 19.2 Å². The quantitative estimate of drug-likeness (QED) is 0.212. The van der Waals surface area contributed by atoms with E-state index in [0.717, 1.165) is 24.3 Å². The number of carbonyl (C=O) groups is 4. The van der Waals surface area contributed by atoms with Crippen molar-refractivity contribution in [2.45, 2.75) is 0 Å². The average Bonchev–Trinajstić information content (AvgIpc) is 2.84. The first-order valence-electron chi connectivity index (χ1n) is 9.71. The third kappa shape index (κ3) is 4.91. The zero-order valence-corrected chi connectivity index (χ0v) is 17.9. The molecule has 0 amide bonds. The van der Waals surface area contributed by atoms with Crippen LogP contribution in [0.25, 0.3) is 21.5 Å². The first kappa shape index (κ1) is 23.7. The molecule has 0 aromatic heterocycles. The highest BCUT2D eigenvalue weighted by Crippen LogP contribution is 2.44. The van der Waals surface area contributed by atoms with Crippen LogP contribution in [0.3, 0.4) is 0 Å². The maximum atomic E-state index is 12.1. The second kappa shape index (κ2) is 10.1. The fraction of sp³-hybridized carbons (Fsp3) is 0. The molecule has 34 heavy (non-hydrogen) atoms. The molecule has 0 N–H and O–H groups in total. The zero-order chi connectivity index (χ0) is 24.8. The second-order valence-electron chi connectivity index (χ2n) is 6.58. The minimum absolute atomic E-state index is 0.0813. The Labute approximate surface area is 194 Å². The Morgan fingerprint density at radius 3 is 1.71 bits per heavy atom. The first-order valence-corrected chi connectivity index (χ1v) is 9.71. The fourth-order valence-corrected chi connectivity index (χ4v) is 3.04. The van der Waals surface area contributed by atoms with Gasteiger partial charge in [0.2, 0.25) is 0 Å². The average molecular weight is 458 g/mol. The van der Waals surface area contributed by atoms with E-state index in [1.807, 2.05) is 0 Å². The van der Waals surface area contributed by atoms with Crippen molar-refractivity contribution in [1.29, 1.82) is 0 Å². The molecule has 3 rings (SSSR count). The van der Waals surface area contributed by atoms with Crippen LogP contribution in [0.1, 0.15) is 0 Å². The lowest BCUT2D eigenvalue weighted by Crippen LogP contribution is -2.09. The van der Waals surface area contributed by atoms with Gasteiger partial charge in [0, 0.05) is 40.5 Å². The molecule has 0 heterocycles. The maximum Gasteiger partial charge on any atom is 0.335 e. The Kier molecular flexibility index (Phi) is 7.03. The molecule has 0 unspecified atom stereocenters. The molecular weight excluding hydrogens is 440 g/mol. The largest absolute Gasteiger partial charge is 0.423 e. The predicted octanol–water partition coefficient (Wildman–Crippen LogP) is 4.36. The molecule has 0 aliphatic rings. The lowest BCUT2D eigenvalue weighted by Gasteiger charge is -2.16. The number of ether oxygens (including phenoxy) is 4. The van der Waals surface area contributed by atoms with E-state index in [1.165, 1.54) is 24.3 Å². The van der Waals surface area contributed by atoms with Gasteiger partial charge < -0.3 is 18.9 Å². The molecule has 3 aromatic rings. The van der Waals surface area contributed by atoms with Crippen LogP contribution in [0, 0.1) is 0 Å². The summed E-state index contributed by atoms with van der Waals surface area (Å²) in [6, 6.07) is 9.13. The number of esters is 4. The van der Waals surface area contributed by atoms with Gasteiger partial charge in [-0.2, -0.15) is 0 Å². The van der Waals surface area contributed by atoms with Crippen LogP contribution in [0.4, 0.5) is 0 Å². The molecule has 0 saturated heterocycles. The molecule has 3 aromatic carbocycles. The van der Waals surface area contributed by atoms with Crippen molar-refractivity contribution in [3.8, 4) is 23.0 Å². The summed E-state index contributed by atoms with van der Waals surface area (Å²) in [6.07, 6.45) is 3.88. The van der Waals surface area contributed by atoms with Crippen molar-refractivity contribution in [2.75, 3.05) is 0 Å². The summed E-state index contributed by atoms with van der Waals surface area (Å²) in [7, 11) is 0. The Morgan fingerprint density at radius 2 is 1.09 bits per heavy atom. The van der Waals surface area contributed by atoms with Crippen LogP contribution in [-0.4, -0.2) is 23.9 Å². The summed E-state index contributed by atoms with van der Waals surface area (Å²) in [4.78, 5) is 47.6. The van der Waals surface area contributed by atoms with Gasteiger partial charge in [-0.05, 0) is 41.8 Å². The minimum Gasteiger partial charge on any atom is -0.423 e. The normalized spacial score (nSPS) is 10.1. The second-order valence-corrected chi connectivity index (χ2v) is 6.58. The summed E-state index contributed by atoms with van der Waals surface area (Å²) in [5.41, 5.74) is 0. The fourth-order valence-electron chi connectivity index (χ4n) is 3.04. The van der Waals surface area contributed by atoms with Crippen LogP contribution in [0.5, 0.6) is 23.0 Å². The molecule has 0 bridgehead atoms. The van der Waals surface area contributed by atoms with Gasteiger partial charge >= 0.3 is 23.9 Å². The van der Waals surface area contributed by atoms with E-state index >= 15 is 0 Å². The highest BCUT2D eigenvalue weighted by molar-refractivity contribution is 6.10. The summed E-state index contributed by atoms with van der Waals surface area (Å²) < 4.78 is 21.3. The molecule has 8 heteroatoms. The van der Waals surface area contributed by atoms with Gasteiger partial charge in [0.15, 0.2) is 11.5 Å². The highest BCUT2D eigenvalue weighted by Gasteiger charge is 2.21. The van der Waals surface area contributed by atoms with E-state index in [0.29, 0.717) is 16.2 Å². The SMILES string of the molecule is C=CC(=O)Oc1ccc2c(OC(=O)C=C)c3ccc(OC(=O)C=C)c(OC(=O)C=C)c3cc2c1. The first-order chi connectivity index (χ1) is 16.3. The summed E-state index contributed by atoms with van der Waals surface area (Å²) >= 11 is 0. The lowest BCUT2D eigenvalue weighted by molar-refractivity contribution is -0.131. The van der Waals surface area contributed by atoms with Gasteiger partial charge in [-0.15, -0.1) is 0 Å². The molecule has 0 saturated carbocycles. The number of carbonyl (C=O) groups excluding carboxylic acids is 4. The van der Waals surface area contributed by atoms with Gasteiger partial charge in [0.05, 0.1) is 0 Å². The van der Waals surface area contributed by atoms with Gasteiger partial charge in [-0.3, -0.25) is 0 Å². The summed E-state index contributed by atoms with van der Waals surface area (Å²) in [5, 5.41) is 1.56. The summed E-state index contributed by atoms with van der Waals surface area (Å²) in [5.74, 6) is -2.89. The van der Waals surface area contributed by atoms with E-state index in [4.69, 9.17) is 18.9 Å².